The topological polar surface area (TPSA) is 23.5 Å². The van der Waals surface area contributed by atoms with Crippen LogP contribution in [0.5, 0.6) is 0 Å². The van der Waals surface area contributed by atoms with Gasteiger partial charge in [-0.3, -0.25) is 0 Å². The van der Waals surface area contributed by atoms with Gasteiger partial charge in [-0.25, -0.2) is 0 Å². The van der Waals surface area contributed by atoms with E-state index < -0.39 is 0 Å². The van der Waals surface area contributed by atoms with Crippen molar-refractivity contribution in [3.63, 3.8) is 0 Å². The van der Waals surface area contributed by atoms with E-state index in [1.807, 2.05) is 0 Å². The second-order valence-electron chi connectivity index (χ2n) is 6.24. The maximum atomic E-state index is 9.39. The van der Waals surface area contributed by atoms with Gasteiger partial charge in [0, 0.05) is 5.41 Å². The first kappa shape index (κ1) is 13.6. The average molecular weight is 247 g/mol. The van der Waals surface area contributed by atoms with Crippen molar-refractivity contribution in [3.05, 3.63) is 35.4 Å². The van der Waals surface area contributed by atoms with E-state index in [4.69, 9.17) is 0 Å². The molecular formula is C16H25NO. The fourth-order valence-corrected chi connectivity index (χ4v) is 2.64. The van der Waals surface area contributed by atoms with Crippen molar-refractivity contribution < 1.29 is 5.11 Å². The summed E-state index contributed by atoms with van der Waals surface area (Å²) in [6, 6.07) is 8.87. The van der Waals surface area contributed by atoms with Crippen LogP contribution < -0.4 is 0 Å². The van der Waals surface area contributed by atoms with Crippen LogP contribution in [-0.2, 0) is 5.41 Å². The minimum Gasteiger partial charge on any atom is -0.395 e. The number of hydrogen-bond donors (Lipinski definition) is 1. The van der Waals surface area contributed by atoms with Crippen LogP contribution in [0.2, 0.25) is 0 Å². The Kier molecular flexibility index (Phi) is 4.08. The predicted molar refractivity (Wildman–Crippen MR) is 76.0 cm³/mol. The third-order valence-corrected chi connectivity index (χ3v) is 4.28. The van der Waals surface area contributed by atoms with Crippen molar-refractivity contribution in [1.29, 1.82) is 0 Å². The van der Waals surface area contributed by atoms with Crippen molar-refractivity contribution in [1.82, 2.24) is 4.90 Å². The summed E-state index contributed by atoms with van der Waals surface area (Å²) >= 11 is 0. The van der Waals surface area contributed by atoms with E-state index in [9.17, 15) is 5.11 Å². The van der Waals surface area contributed by atoms with Crippen molar-refractivity contribution in [2.24, 2.45) is 0 Å². The van der Waals surface area contributed by atoms with E-state index in [2.05, 4.69) is 50.1 Å². The van der Waals surface area contributed by atoms with E-state index in [1.54, 1.807) is 0 Å². The Morgan fingerprint density at radius 3 is 2.22 bits per heavy atom. The molecule has 0 spiro atoms. The second kappa shape index (κ2) is 5.41. The minimum atomic E-state index is -0.134. The van der Waals surface area contributed by atoms with Crippen molar-refractivity contribution in [2.75, 3.05) is 26.7 Å². The predicted octanol–water partition coefficient (Wildman–Crippen LogP) is 2.77. The maximum Gasteiger partial charge on any atom is 0.0522 e. The Hall–Kier alpha value is -0.860. The molecule has 1 aromatic carbocycles. The molecule has 0 aliphatic carbocycles. The molecule has 1 aliphatic rings. The van der Waals surface area contributed by atoms with E-state index in [0.717, 1.165) is 0 Å². The highest BCUT2D eigenvalue weighted by atomic mass is 16.3. The summed E-state index contributed by atoms with van der Waals surface area (Å²) in [4.78, 5) is 2.40. The van der Waals surface area contributed by atoms with Gasteiger partial charge in [-0.2, -0.15) is 0 Å². The van der Waals surface area contributed by atoms with Gasteiger partial charge in [0.25, 0.3) is 0 Å². The number of likely N-dealkylation sites (tertiary alicyclic amines) is 1. The molecule has 2 rings (SSSR count). The Balaban J connectivity index is 2.08. The number of aliphatic hydroxyl groups excluding tert-OH is 1. The molecule has 0 saturated carbocycles. The van der Waals surface area contributed by atoms with Crippen LogP contribution in [0.1, 0.15) is 43.7 Å². The van der Waals surface area contributed by atoms with Gasteiger partial charge in [0.15, 0.2) is 0 Å². The van der Waals surface area contributed by atoms with Crippen LogP contribution in [0.25, 0.3) is 0 Å². The lowest BCUT2D eigenvalue weighted by Crippen LogP contribution is -2.29. The number of benzene rings is 1. The minimum absolute atomic E-state index is 0.134. The molecule has 0 amide bonds. The van der Waals surface area contributed by atoms with Gasteiger partial charge in [-0.15, -0.1) is 0 Å². The number of aliphatic hydroxyl groups is 1. The van der Waals surface area contributed by atoms with Gasteiger partial charge in [0.2, 0.25) is 0 Å². The zero-order chi connectivity index (χ0) is 13.2. The fourth-order valence-electron chi connectivity index (χ4n) is 2.64. The summed E-state index contributed by atoms with van der Waals surface area (Å²) in [5, 5.41) is 9.39. The van der Waals surface area contributed by atoms with Gasteiger partial charge in [0.05, 0.1) is 6.61 Å². The Labute approximate surface area is 111 Å². The largest absolute Gasteiger partial charge is 0.395 e. The zero-order valence-electron chi connectivity index (χ0n) is 11.8. The van der Waals surface area contributed by atoms with Gasteiger partial charge in [0.1, 0.15) is 0 Å². The molecule has 1 fully saturated rings. The summed E-state index contributed by atoms with van der Waals surface area (Å²) in [5.41, 5.74) is 2.55. The molecule has 0 unspecified atom stereocenters. The molecule has 100 valence electrons. The monoisotopic (exact) mass is 247 g/mol. The molecule has 0 bridgehead atoms. The number of nitrogens with zero attached hydrogens (tertiary/aromatic N) is 1. The molecule has 1 N–H and O–H groups in total. The van der Waals surface area contributed by atoms with E-state index >= 15 is 0 Å². The molecule has 1 aliphatic heterocycles. The van der Waals surface area contributed by atoms with Gasteiger partial charge < -0.3 is 10.0 Å². The first-order chi connectivity index (χ1) is 8.53. The first-order valence-electron chi connectivity index (χ1n) is 6.93. The summed E-state index contributed by atoms with van der Waals surface area (Å²) in [6.45, 7) is 6.76. The van der Waals surface area contributed by atoms with E-state index in [0.29, 0.717) is 5.92 Å². The van der Waals surface area contributed by atoms with Gasteiger partial charge in [-0.1, -0.05) is 38.1 Å². The van der Waals surface area contributed by atoms with Crippen LogP contribution >= 0.6 is 0 Å². The molecule has 1 heterocycles. The first-order valence-corrected chi connectivity index (χ1v) is 6.93. The third-order valence-electron chi connectivity index (χ3n) is 4.28. The molecule has 18 heavy (non-hydrogen) atoms. The molecule has 0 radical (unpaired) electrons. The smallest absolute Gasteiger partial charge is 0.0522 e. The Bertz CT molecular complexity index is 375. The zero-order valence-corrected chi connectivity index (χ0v) is 11.8. The standard InChI is InChI=1S/C16H25NO/c1-16(2,12-18)15-6-4-13(5-7-15)14-8-10-17(3)11-9-14/h4-7,14,18H,8-12H2,1-3H3. The molecule has 2 heteroatoms. The highest BCUT2D eigenvalue weighted by Gasteiger charge is 2.21. The highest BCUT2D eigenvalue weighted by Crippen LogP contribution is 2.29. The van der Waals surface area contributed by atoms with E-state index in [1.165, 1.54) is 37.1 Å². The molecule has 1 saturated heterocycles. The normalized spacial score (nSPS) is 19.1. The number of piperidine rings is 1. The third kappa shape index (κ3) is 2.93. The van der Waals surface area contributed by atoms with Crippen LogP contribution in [0, 0.1) is 0 Å². The lowest BCUT2D eigenvalue weighted by molar-refractivity contribution is 0.218. The lowest BCUT2D eigenvalue weighted by Gasteiger charge is -2.30. The highest BCUT2D eigenvalue weighted by molar-refractivity contribution is 5.30. The lowest BCUT2D eigenvalue weighted by atomic mass is 9.83. The quantitative estimate of drug-likeness (QED) is 0.888. The summed E-state index contributed by atoms with van der Waals surface area (Å²) in [7, 11) is 2.20. The second-order valence-corrected chi connectivity index (χ2v) is 6.24. The molecule has 0 atom stereocenters. The molecule has 2 nitrogen and oxygen atoms in total. The van der Waals surface area contributed by atoms with Crippen LogP contribution in [-0.4, -0.2) is 36.8 Å². The average Bonchev–Trinajstić information content (AvgIpc) is 2.40. The summed E-state index contributed by atoms with van der Waals surface area (Å²) in [5.74, 6) is 0.715. The van der Waals surface area contributed by atoms with Crippen molar-refractivity contribution in [2.45, 2.75) is 38.0 Å². The van der Waals surface area contributed by atoms with Crippen molar-refractivity contribution in [3.8, 4) is 0 Å². The van der Waals surface area contributed by atoms with Crippen molar-refractivity contribution >= 4 is 0 Å². The van der Waals surface area contributed by atoms with E-state index in [-0.39, 0.29) is 12.0 Å². The van der Waals surface area contributed by atoms with Crippen LogP contribution in [0.3, 0.4) is 0 Å². The van der Waals surface area contributed by atoms with Gasteiger partial charge in [-0.05, 0) is 50.0 Å². The molecular weight excluding hydrogens is 222 g/mol. The van der Waals surface area contributed by atoms with Gasteiger partial charge >= 0.3 is 0 Å². The fraction of sp³-hybridized carbons (Fsp3) is 0.625. The Morgan fingerprint density at radius 1 is 1.17 bits per heavy atom. The van der Waals surface area contributed by atoms with Crippen LogP contribution in [0.4, 0.5) is 0 Å². The Morgan fingerprint density at radius 2 is 1.72 bits per heavy atom. The summed E-state index contributed by atoms with van der Waals surface area (Å²) in [6.07, 6.45) is 2.53. The number of hydrogen-bond acceptors (Lipinski definition) is 2. The maximum absolute atomic E-state index is 9.39. The molecule has 0 aromatic heterocycles. The SMILES string of the molecule is CN1CCC(c2ccc(C(C)(C)CO)cc2)CC1. The summed E-state index contributed by atoms with van der Waals surface area (Å²) < 4.78 is 0. The molecule has 1 aromatic rings. The number of rotatable bonds is 3. The van der Waals surface area contributed by atoms with Crippen LogP contribution in [0.15, 0.2) is 24.3 Å².